The molecule has 2 aromatic rings. The average Bonchev–Trinajstić information content (AvgIpc) is 3.09. The van der Waals surface area contributed by atoms with Crippen LogP contribution in [0.2, 0.25) is 0 Å². The van der Waals surface area contributed by atoms with Gasteiger partial charge in [0, 0.05) is 49.6 Å². The van der Waals surface area contributed by atoms with Crippen molar-refractivity contribution in [1.82, 2.24) is 20.0 Å². The Morgan fingerprint density at radius 3 is 2.88 bits per heavy atom. The zero-order valence-electron chi connectivity index (χ0n) is 14.0. The Morgan fingerprint density at radius 1 is 1.38 bits per heavy atom. The number of hydrogen-bond donors (Lipinski definition) is 1. The van der Waals surface area contributed by atoms with E-state index in [9.17, 15) is 9.90 Å². The van der Waals surface area contributed by atoms with Gasteiger partial charge in [-0.05, 0) is 26.7 Å². The molecule has 3 rings (SSSR count). The summed E-state index contributed by atoms with van der Waals surface area (Å²) in [6, 6.07) is 0. The molecule has 7 nitrogen and oxygen atoms in total. The molecule has 0 saturated carbocycles. The predicted molar refractivity (Wildman–Crippen MR) is 86.1 cm³/mol. The van der Waals surface area contributed by atoms with Crippen molar-refractivity contribution in [3.8, 4) is 0 Å². The van der Waals surface area contributed by atoms with Crippen molar-refractivity contribution < 1.29 is 14.4 Å². The fourth-order valence-corrected chi connectivity index (χ4v) is 3.21. The Balaban J connectivity index is 1.55. The van der Waals surface area contributed by atoms with Crippen molar-refractivity contribution in [3.05, 3.63) is 41.3 Å². The first-order chi connectivity index (χ1) is 11.5. The Bertz CT molecular complexity index is 682. The Labute approximate surface area is 140 Å². The largest absolute Gasteiger partial charge is 0.391 e. The van der Waals surface area contributed by atoms with E-state index < -0.39 is 6.10 Å². The molecule has 7 heteroatoms. The van der Waals surface area contributed by atoms with Crippen molar-refractivity contribution in [2.45, 2.75) is 39.2 Å². The van der Waals surface area contributed by atoms with Gasteiger partial charge in [-0.3, -0.25) is 14.8 Å². The van der Waals surface area contributed by atoms with Gasteiger partial charge in [0.2, 0.25) is 5.91 Å². The van der Waals surface area contributed by atoms with Crippen molar-refractivity contribution >= 4 is 5.91 Å². The van der Waals surface area contributed by atoms with Crippen LogP contribution in [-0.2, 0) is 17.6 Å². The highest BCUT2D eigenvalue weighted by molar-refractivity contribution is 5.77. The second-order valence-electron chi connectivity index (χ2n) is 6.33. The fourth-order valence-electron chi connectivity index (χ4n) is 3.21. The monoisotopic (exact) mass is 330 g/mol. The van der Waals surface area contributed by atoms with E-state index in [4.69, 9.17) is 4.52 Å². The molecule has 0 spiro atoms. The number of carbonyl (C=O) groups excluding carboxylic acids is 1. The molecule has 1 aliphatic heterocycles. The van der Waals surface area contributed by atoms with Crippen LogP contribution >= 0.6 is 0 Å². The van der Waals surface area contributed by atoms with Gasteiger partial charge in [0.15, 0.2) is 0 Å². The zero-order valence-corrected chi connectivity index (χ0v) is 14.0. The summed E-state index contributed by atoms with van der Waals surface area (Å²) in [5.74, 6) is 0.822. The maximum absolute atomic E-state index is 12.4. The van der Waals surface area contributed by atoms with Crippen LogP contribution < -0.4 is 0 Å². The van der Waals surface area contributed by atoms with Crippen molar-refractivity contribution in [1.29, 1.82) is 0 Å². The van der Waals surface area contributed by atoms with Crippen LogP contribution in [0, 0.1) is 19.8 Å². The molecule has 1 aliphatic rings. The minimum Gasteiger partial charge on any atom is -0.391 e. The summed E-state index contributed by atoms with van der Waals surface area (Å²) in [4.78, 5) is 22.5. The first-order valence-corrected chi connectivity index (χ1v) is 8.17. The van der Waals surface area contributed by atoms with Gasteiger partial charge >= 0.3 is 0 Å². The van der Waals surface area contributed by atoms with Crippen molar-refractivity contribution in [2.75, 3.05) is 13.1 Å². The molecule has 128 valence electrons. The molecule has 1 saturated heterocycles. The lowest BCUT2D eigenvalue weighted by Crippen LogP contribution is -2.29. The topological polar surface area (TPSA) is 92.4 Å². The van der Waals surface area contributed by atoms with Gasteiger partial charge in [-0.15, -0.1) is 0 Å². The fraction of sp³-hybridized carbons (Fsp3) is 0.529. The lowest BCUT2D eigenvalue weighted by molar-refractivity contribution is -0.130. The maximum Gasteiger partial charge on any atom is 0.223 e. The first kappa shape index (κ1) is 16.6. The number of aryl methyl sites for hydroxylation is 2. The minimum absolute atomic E-state index is 0.00436. The third-order valence-corrected chi connectivity index (χ3v) is 4.62. The molecule has 2 atom stereocenters. The van der Waals surface area contributed by atoms with E-state index in [1.165, 1.54) is 0 Å². The molecule has 1 N–H and O–H groups in total. The van der Waals surface area contributed by atoms with Gasteiger partial charge in [-0.25, -0.2) is 0 Å². The third-order valence-electron chi connectivity index (χ3n) is 4.62. The smallest absolute Gasteiger partial charge is 0.223 e. The van der Waals surface area contributed by atoms with Crippen LogP contribution in [0.3, 0.4) is 0 Å². The third kappa shape index (κ3) is 3.62. The molecule has 0 aromatic carbocycles. The number of rotatable bonds is 5. The molecular formula is C17H22N4O3. The van der Waals surface area contributed by atoms with Crippen LogP contribution in [0.5, 0.6) is 0 Å². The number of nitrogens with zero attached hydrogens (tertiary/aromatic N) is 4. The molecule has 0 bridgehead atoms. The highest BCUT2D eigenvalue weighted by Gasteiger charge is 2.34. The highest BCUT2D eigenvalue weighted by Crippen LogP contribution is 2.22. The summed E-state index contributed by atoms with van der Waals surface area (Å²) in [5, 5.41) is 14.2. The van der Waals surface area contributed by atoms with Gasteiger partial charge in [0.1, 0.15) is 5.76 Å². The Kier molecular flexibility index (Phi) is 4.89. The molecule has 2 aromatic heterocycles. The van der Waals surface area contributed by atoms with E-state index in [-0.39, 0.29) is 11.8 Å². The summed E-state index contributed by atoms with van der Waals surface area (Å²) in [6.45, 7) is 4.67. The van der Waals surface area contributed by atoms with Gasteiger partial charge in [0.25, 0.3) is 0 Å². The standard InChI is InChI=1S/C17H22N4O3/c1-11-15(12(2)24-20-11)3-4-17(23)21-9-13(16(22)10-21)7-14-8-18-5-6-19-14/h5-6,8,13,16,22H,3-4,7,9-10H2,1-2H3/t13-,16-/m1/s1. The Hall–Kier alpha value is -2.28. The van der Waals surface area contributed by atoms with E-state index in [0.29, 0.717) is 32.4 Å². The van der Waals surface area contributed by atoms with Gasteiger partial charge < -0.3 is 14.5 Å². The summed E-state index contributed by atoms with van der Waals surface area (Å²) < 4.78 is 5.13. The van der Waals surface area contributed by atoms with E-state index in [2.05, 4.69) is 15.1 Å². The molecule has 0 aliphatic carbocycles. The second-order valence-corrected chi connectivity index (χ2v) is 6.33. The summed E-state index contributed by atoms with van der Waals surface area (Å²) in [5.41, 5.74) is 2.67. The Morgan fingerprint density at radius 2 is 2.21 bits per heavy atom. The molecule has 24 heavy (non-hydrogen) atoms. The molecule has 0 unspecified atom stereocenters. The van der Waals surface area contributed by atoms with E-state index in [1.807, 2.05) is 13.8 Å². The number of aromatic nitrogens is 3. The van der Waals surface area contributed by atoms with Crippen LogP contribution in [0.1, 0.15) is 29.1 Å². The first-order valence-electron chi connectivity index (χ1n) is 8.17. The molecule has 0 radical (unpaired) electrons. The van der Waals surface area contributed by atoms with Gasteiger partial charge in [-0.2, -0.15) is 0 Å². The van der Waals surface area contributed by atoms with Crippen LogP contribution in [0.4, 0.5) is 0 Å². The molecular weight excluding hydrogens is 308 g/mol. The molecule has 1 fully saturated rings. The maximum atomic E-state index is 12.4. The van der Waals surface area contributed by atoms with E-state index in [1.54, 1.807) is 23.5 Å². The summed E-state index contributed by atoms with van der Waals surface area (Å²) in [7, 11) is 0. The van der Waals surface area contributed by atoms with Crippen molar-refractivity contribution in [2.24, 2.45) is 5.92 Å². The van der Waals surface area contributed by atoms with Crippen molar-refractivity contribution in [3.63, 3.8) is 0 Å². The highest BCUT2D eigenvalue weighted by atomic mass is 16.5. The van der Waals surface area contributed by atoms with Crippen LogP contribution in [-0.4, -0.2) is 50.2 Å². The summed E-state index contributed by atoms with van der Waals surface area (Å²) >= 11 is 0. The number of aliphatic hydroxyl groups is 1. The van der Waals surface area contributed by atoms with Gasteiger partial charge in [0.05, 0.1) is 17.5 Å². The molecule has 3 heterocycles. The van der Waals surface area contributed by atoms with Crippen LogP contribution in [0.25, 0.3) is 0 Å². The van der Waals surface area contributed by atoms with Crippen LogP contribution in [0.15, 0.2) is 23.1 Å². The number of β-amino-alcohol motifs (C(OH)–C–C–N with tert-alkyl or cyclic N) is 1. The average molecular weight is 330 g/mol. The normalized spacial score (nSPS) is 20.5. The second kappa shape index (κ2) is 7.09. The lowest BCUT2D eigenvalue weighted by atomic mass is 10.0. The van der Waals surface area contributed by atoms with E-state index in [0.717, 1.165) is 22.7 Å². The van der Waals surface area contributed by atoms with Gasteiger partial charge in [-0.1, -0.05) is 5.16 Å². The number of aliphatic hydroxyl groups excluding tert-OH is 1. The summed E-state index contributed by atoms with van der Waals surface area (Å²) in [6.07, 6.45) is 6.09. The zero-order chi connectivity index (χ0) is 17.1. The van der Waals surface area contributed by atoms with E-state index >= 15 is 0 Å². The molecule has 1 amide bonds. The predicted octanol–water partition coefficient (Wildman–Crippen LogP) is 1.08. The number of amides is 1. The number of carbonyl (C=O) groups is 1. The SMILES string of the molecule is Cc1noc(C)c1CCC(=O)N1C[C@@H](Cc2cnccn2)[C@H](O)C1. The minimum atomic E-state index is -0.518. The lowest BCUT2D eigenvalue weighted by Gasteiger charge is -2.16. The quantitative estimate of drug-likeness (QED) is 0.882. The number of likely N-dealkylation sites (tertiary alicyclic amines) is 1. The number of hydrogen-bond acceptors (Lipinski definition) is 6.